The number of fused-ring (bicyclic) bond motifs is 3. The van der Waals surface area contributed by atoms with E-state index < -0.39 is 11.7 Å². The summed E-state index contributed by atoms with van der Waals surface area (Å²) in [4.78, 5) is 33.3. The van der Waals surface area contributed by atoms with E-state index in [9.17, 15) is 9.59 Å². The summed E-state index contributed by atoms with van der Waals surface area (Å²) in [6.07, 6.45) is 3.70. The van der Waals surface area contributed by atoms with Crippen molar-refractivity contribution < 1.29 is 14.3 Å². The number of benzene rings is 2. The number of para-hydroxylation sites is 1. The van der Waals surface area contributed by atoms with Gasteiger partial charge in [0.15, 0.2) is 5.82 Å². The summed E-state index contributed by atoms with van der Waals surface area (Å²) in [5.74, 6) is 0.446. The van der Waals surface area contributed by atoms with E-state index in [4.69, 9.17) is 21.3 Å². The van der Waals surface area contributed by atoms with Gasteiger partial charge >= 0.3 is 6.09 Å². The fourth-order valence-electron chi connectivity index (χ4n) is 3.71. The van der Waals surface area contributed by atoms with Crippen molar-refractivity contribution in [3.63, 3.8) is 0 Å². The topological polar surface area (TPSA) is 110 Å². The maximum Gasteiger partial charge on any atom is 0.407 e. The van der Waals surface area contributed by atoms with Gasteiger partial charge in [-0.25, -0.2) is 14.8 Å². The van der Waals surface area contributed by atoms with Crippen molar-refractivity contribution in [3.8, 4) is 0 Å². The van der Waals surface area contributed by atoms with Gasteiger partial charge in [-0.05, 0) is 63.9 Å². The van der Waals surface area contributed by atoms with Crippen molar-refractivity contribution in [2.24, 2.45) is 0 Å². The van der Waals surface area contributed by atoms with E-state index in [0.29, 0.717) is 35.0 Å². The molecule has 36 heavy (non-hydrogen) atoms. The smallest absolute Gasteiger partial charge is 0.407 e. The lowest BCUT2D eigenvalue weighted by atomic mass is 10.2. The van der Waals surface area contributed by atoms with Crippen molar-refractivity contribution in [2.45, 2.75) is 46.1 Å². The van der Waals surface area contributed by atoms with Gasteiger partial charge in [0.1, 0.15) is 11.1 Å². The molecule has 0 bridgehead atoms. The molecule has 2 amide bonds. The molecule has 0 unspecified atom stereocenters. The fraction of sp³-hybridized carbons (Fsp3) is 0.308. The number of alkyl carbamates (subject to hydrolysis) is 1. The number of aromatic nitrogens is 3. The first-order valence-electron chi connectivity index (χ1n) is 11.7. The number of hydrogen-bond donors (Lipinski definition) is 3. The first-order valence-corrected chi connectivity index (χ1v) is 12.0. The fourth-order valence-corrected chi connectivity index (χ4v) is 3.98. The summed E-state index contributed by atoms with van der Waals surface area (Å²) in [5.41, 5.74) is 4.16. The number of imidazole rings is 1. The lowest BCUT2D eigenvalue weighted by molar-refractivity contribution is -0.116. The number of hydrogen-bond acceptors (Lipinski definition) is 6. The molecule has 2 aromatic carbocycles. The van der Waals surface area contributed by atoms with Crippen LogP contribution in [-0.2, 0) is 9.53 Å². The zero-order chi connectivity index (χ0) is 25.9. The van der Waals surface area contributed by atoms with E-state index in [1.165, 1.54) is 0 Å². The molecular formula is C26H29ClN6O3. The maximum absolute atomic E-state index is 12.5. The molecule has 0 aliphatic carbocycles. The van der Waals surface area contributed by atoms with E-state index in [1.54, 1.807) is 33.3 Å². The normalized spacial score (nSPS) is 11.5. The van der Waals surface area contributed by atoms with Crippen LogP contribution in [0.5, 0.6) is 0 Å². The molecule has 2 aromatic heterocycles. The zero-order valence-corrected chi connectivity index (χ0v) is 21.4. The van der Waals surface area contributed by atoms with Crippen molar-refractivity contribution in [2.75, 3.05) is 17.2 Å². The molecule has 0 spiro atoms. The number of halogens is 1. The van der Waals surface area contributed by atoms with Crippen molar-refractivity contribution >= 4 is 57.3 Å². The van der Waals surface area contributed by atoms with Gasteiger partial charge in [-0.15, -0.1) is 0 Å². The minimum Gasteiger partial charge on any atom is -0.444 e. The number of amides is 2. The Morgan fingerprint density at radius 2 is 1.94 bits per heavy atom. The molecule has 2 heterocycles. The van der Waals surface area contributed by atoms with Gasteiger partial charge in [0.25, 0.3) is 0 Å². The van der Waals surface area contributed by atoms with Crippen LogP contribution in [0.3, 0.4) is 0 Å². The van der Waals surface area contributed by atoms with Crippen LogP contribution in [0.15, 0.2) is 48.9 Å². The van der Waals surface area contributed by atoms with E-state index >= 15 is 0 Å². The number of rotatable bonds is 7. The van der Waals surface area contributed by atoms with E-state index in [-0.39, 0.29) is 12.3 Å². The Hall–Kier alpha value is -3.85. The minimum atomic E-state index is -0.560. The molecule has 0 aliphatic rings. The average molecular weight is 509 g/mol. The average Bonchev–Trinajstić information content (AvgIpc) is 3.28. The lowest BCUT2D eigenvalue weighted by Crippen LogP contribution is -2.33. The maximum atomic E-state index is 12.5. The van der Waals surface area contributed by atoms with Gasteiger partial charge in [-0.2, -0.15) is 0 Å². The number of aryl methyl sites for hydroxylation is 1. The second-order valence-electron chi connectivity index (χ2n) is 9.45. The Morgan fingerprint density at radius 3 is 2.69 bits per heavy atom. The zero-order valence-electron chi connectivity index (χ0n) is 20.7. The molecule has 188 valence electrons. The molecule has 0 atom stereocenters. The van der Waals surface area contributed by atoms with Gasteiger partial charge < -0.3 is 20.7 Å². The highest BCUT2D eigenvalue weighted by Crippen LogP contribution is 2.31. The van der Waals surface area contributed by atoms with E-state index in [2.05, 4.69) is 20.9 Å². The highest BCUT2D eigenvalue weighted by molar-refractivity contribution is 6.33. The molecule has 0 fully saturated rings. The second kappa shape index (κ2) is 10.4. The number of nitrogens with one attached hydrogen (secondary N) is 3. The lowest BCUT2D eigenvalue weighted by Gasteiger charge is -2.19. The molecule has 10 heteroatoms. The van der Waals surface area contributed by atoms with Gasteiger partial charge in [-0.3, -0.25) is 9.20 Å². The van der Waals surface area contributed by atoms with Crippen molar-refractivity contribution in [1.82, 2.24) is 19.7 Å². The van der Waals surface area contributed by atoms with Crippen LogP contribution >= 0.6 is 11.6 Å². The second-order valence-corrected chi connectivity index (χ2v) is 9.86. The van der Waals surface area contributed by atoms with Crippen LogP contribution < -0.4 is 16.0 Å². The Kier molecular flexibility index (Phi) is 7.30. The minimum absolute atomic E-state index is 0.158. The summed E-state index contributed by atoms with van der Waals surface area (Å²) in [7, 11) is 0. The molecular weight excluding hydrogens is 480 g/mol. The van der Waals surface area contributed by atoms with Crippen LogP contribution in [0.2, 0.25) is 5.02 Å². The number of nitrogens with zero attached hydrogens (tertiary/aromatic N) is 3. The van der Waals surface area contributed by atoms with Crippen LogP contribution in [0, 0.1) is 6.92 Å². The van der Waals surface area contributed by atoms with Crippen LogP contribution in [-0.4, -0.2) is 38.5 Å². The third-order valence-electron chi connectivity index (χ3n) is 5.35. The molecule has 0 saturated heterocycles. The van der Waals surface area contributed by atoms with E-state index in [0.717, 1.165) is 22.3 Å². The first-order chi connectivity index (χ1) is 17.1. The highest BCUT2D eigenvalue weighted by Gasteiger charge is 2.16. The van der Waals surface area contributed by atoms with Gasteiger partial charge in [0, 0.05) is 18.7 Å². The third kappa shape index (κ3) is 6.04. The van der Waals surface area contributed by atoms with Crippen molar-refractivity contribution in [3.05, 3.63) is 59.5 Å². The van der Waals surface area contributed by atoms with Crippen LogP contribution in [0.4, 0.5) is 22.0 Å². The summed E-state index contributed by atoms with van der Waals surface area (Å²) in [6.45, 7) is 7.71. The number of anilines is 3. The van der Waals surface area contributed by atoms with E-state index in [1.807, 2.05) is 47.7 Å². The summed E-state index contributed by atoms with van der Waals surface area (Å²) < 4.78 is 7.12. The third-order valence-corrected chi connectivity index (χ3v) is 5.66. The Bertz CT molecular complexity index is 1410. The summed E-state index contributed by atoms with van der Waals surface area (Å²) in [5, 5.41) is 9.49. The summed E-state index contributed by atoms with van der Waals surface area (Å²) >= 11 is 6.41. The molecule has 9 nitrogen and oxygen atoms in total. The Balaban J connectivity index is 1.46. The SMILES string of the molecule is Cc1cccc(Cl)c1Nc1nc2cc(NC(=O)CCCNC(=O)OC(C)(C)C)ccc2n2cncc12. The summed E-state index contributed by atoms with van der Waals surface area (Å²) in [6, 6.07) is 11.2. The number of carbonyl (C=O) groups excluding carboxylic acids is 2. The van der Waals surface area contributed by atoms with Crippen LogP contribution in [0.25, 0.3) is 16.6 Å². The van der Waals surface area contributed by atoms with Crippen LogP contribution in [0.1, 0.15) is 39.2 Å². The van der Waals surface area contributed by atoms with Gasteiger partial charge in [-0.1, -0.05) is 23.7 Å². The highest BCUT2D eigenvalue weighted by atomic mass is 35.5. The molecule has 0 radical (unpaired) electrons. The molecule has 4 aromatic rings. The Morgan fingerprint density at radius 1 is 1.14 bits per heavy atom. The predicted octanol–water partition coefficient (Wildman–Crippen LogP) is 5.83. The number of ether oxygens (including phenoxy) is 1. The largest absolute Gasteiger partial charge is 0.444 e. The Labute approximate surface area is 214 Å². The predicted molar refractivity (Wildman–Crippen MR) is 142 cm³/mol. The van der Waals surface area contributed by atoms with Gasteiger partial charge in [0.05, 0.1) is 34.3 Å². The monoisotopic (exact) mass is 508 g/mol. The van der Waals surface area contributed by atoms with Crippen molar-refractivity contribution in [1.29, 1.82) is 0 Å². The molecule has 4 rings (SSSR count). The molecule has 0 aliphatic heterocycles. The van der Waals surface area contributed by atoms with Gasteiger partial charge in [0.2, 0.25) is 5.91 Å². The quantitative estimate of drug-likeness (QED) is 0.271. The first kappa shape index (κ1) is 25.2. The number of carbonyl (C=O) groups is 2. The standard InChI is InChI=1S/C26H29ClN6O3/c1-16-7-5-8-18(27)23(16)32-24-21-14-28-15-33(21)20-11-10-17(13-19(20)31-24)30-22(34)9-6-12-29-25(35)36-26(2,3)4/h5,7-8,10-11,13-15H,6,9,12H2,1-4H3,(H,29,35)(H,30,34)(H,31,32). The molecule has 0 saturated carbocycles. The molecule has 3 N–H and O–H groups in total.